The van der Waals surface area contributed by atoms with Gasteiger partial charge in [-0.05, 0) is 25.0 Å². The van der Waals surface area contributed by atoms with Crippen molar-refractivity contribution < 1.29 is 0 Å². The molecule has 4 aromatic rings. The Labute approximate surface area is 157 Å². The monoisotopic (exact) mass is 361 g/mol. The molecule has 0 aliphatic heterocycles. The molecule has 0 unspecified atom stereocenters. The summed E-state index contributed by atoms with van der Waals surface area (Å²) in [5, 5.41) is 7.57. The van der Waals surface area contributed by atoms with Crippen molar-refractivity contribution in [1.82, 2.24) is 24.4 Å². The van der Waals surface area contributed by atoms with Crippen LogP contribution in [0.1, 0.15) is 36.8 Å². The topological polar surface area (TPSA) is 68.0 Å². The zero-order valence-electron chi connectivity index (χ0n) is 15.8. The van der Waals surface area contributed by atoms with Gasteiger partial charge in [-0.2, -0.15) is 5.10 Å². The van der Waals surface area contributed by atoms with Crippen LogP contribution in [0.15, 0.2) is 53.5 Å². The van der Waals surface area contributed by atoms with E-state index in [1.54, 1.807) is 16.8 Å². The fourth-order valence-electron chi connectivity index (χ4n) is 3.46. The average Bonchev–Trinajstić information content (AvgIpc) is 3.26. The van der Waals surface area contributed by atoms with Gasteiger partial charge >= 0.3 is 0 Å². The van der Waals surface area contributed by atoms with Crippen LogP contribution in [0.2, 0.25) is 0 Å². The number of hydrogen-bond donors (Lipinski definition) is 1. The number of aromatic amines is 1. The SMILES string of the molecule is CCc1[nH]n2c(=O)cc([C@@H](C)Cn3nccc3C)nc2c1-c1ccccc1. The van der Waals surface area contributed by atoms with Crippen molar-refractivity contribution in [1.29, 1.82) is 0 Å². The Kier molecular flexibility index (Phi) is 4.39. The lowest BCUT2D eigenvalue weighted by molar-refractivity contribution is 0.523. The molecule has 0 bridgehead atoms. The van der Waals surface area contributed by atoms with Crippen LogP contribution in [0.25, 0.3) is 16.8 Å². The van der Waals surface area contributed by atoms with Gasteiger partial charge in [-0.25, -0.2) is 9.50 Å². The maximum atomic E-state index is 12.8. The Morgan fingerprint density at radius 2 is 1.96 bits per heavy atom. The van der Waals surface area contributed by atoms with E-state index < -0.39 is 0 Å². The molecule has 3 heterocycles. The fourth-order valence-corrected chi connectivity index (χ4v) is 3.46. The molecule has 4 rings (SSSR count). The molecule has 0 saturated carbocycles. The summed E-state index contributed by atoms with van der Waals surface area (Å²) in [4.78, 5) is 17.6. The molecule has 138 valence electrons. The molecule has 0 aliphatic carbocycles. The van der Waals surface area contributed by atoms with Crippen LogP contribution in [-0.2, 0) is 13.0 Å². The van der Waals surface area contributed by atoms with Crippen molar-refractivity contribution in [3.05, 3.63) is 76.1 Å². The van der Waals surface area contributed by atoms with Crippen LogP contribution >= 0.6 is 0 Å². The highest BCUT2D eigenvalue weighted by atomic mass is 16.1. The largest absolute Gasteiger partial charge is 0.293 e. The molecule has 27 heavy (non-hydrogen) atoms. The summed E-state index contributed by atoms with van der Waals surface area (Å²) in [5.41, 5.74) is 5.56. The van der Waals surface area contributed by atoms with Crippen molar-refractivity contribution >= 4 is 5.65 Å². The van der Waals surface area contributed by atoms with E-state index in [9.17, 15) is 4.79 Å². The first-order chi connectivity index (χ1) is 13.1. The van der Waals surface area contributed by atoms with Crippen LogP contribution in [-0.4, -0.2) is 24.4 Å². The molecule has 1 aromatic carbocycles. The van der Waals surface area contributed by atoms with E-state index in [0.717, 1.165) is 34.6 Å². The molecule has 0 fully saturated rings. The predicted octanol–water partition coefficient (Wildman–Crippen LogP) is 3.56. The number of benzene rings is 1. The van der Waals surface area contributed by atoms with Gasteiger partial charge in [0.1, 0.15) is 0 Å². The molecule has 0 amide bonds. The summed E-state index contributed by atoms with van der Waals surface area (Å²) < 4.78 is 3.50. The van der Waals surface area contributed by atoms with Gasteiger partial charge in [0.05, 0.1) is 5.69 Å². The normalized spacial score (nSPS) is 12.6. The standard InChI is InChI=1S/C21H23N5O/c1-4-17-20(16-8-6-5-7-9-16)21-23-18(12-19(27)26(21)24-17)14(2)13-25-15(3)10-11-22-25/h5-12,14,24H,4,13H2,1-3H3/t14-/m0/s1. The van der Waals surface area contributed by atoms with Gasteiger partial charge in [0.25, 0.3) is 5.56 Å². The summed E-state index contributed by atoms with van der Waals surface area (Å²) >= 11 is 0. The molecule has 6 nitrogen and oxygen atoms in total. The highest BCUT2D eigenvalue weighted by Crippen LogP contribution is 2.28. The second-order valence-electron chi connectivity index (χ2n) is 6.92. The van der Waals surface area contributed by atoms with Crippen LogP contribution in [0.3, 0.4) is 0 Å². The molecular weight excluding hydrogens is 338 g/mol. The van der Waals surface area contributed by atoms with E-state index in [1.165, 1.54) is 0 Å². The second kappa shape index (κ2) is 6.87. The Bertz CT molecular complexity index is 1140. The van der Waals surface area contributed by atoms with Gasteiger partial charge in [0, 0.05) is 41.7 Å². The van der Waals surface area contributed by atoms with E-state index in [1.807, 2.05) is 35.9 Å². The van der Waals surface area contributed by atoms with Crippen LogP contribution in [0.4, 0.5) is 0 Å². The molecule has 0 spiro atoms. The Morgan fingerprint density at radius 1 is 1.19 bits per heavy atom. The lowest BCUT2D eigenvalue weighted by atomic mass is 10.0. The smallest absolute Gasteiger partial charge is 0.272 e. The average molecular weight is 361 g/mol. The summed E-state index contributed by atoms with van der Waals surface area (Å²) in [6.07, 6.45) is 2.59. The zero-order chi connectivity index (χ0) is 19.0. The number of fused-ring (bicyclic) bond motifs is 1. The molecule has 1 N–H and O–H groups in total. The summed E-state index contributed by atoms with van der Waals surface area (Å²) in [5.74, 6) is 0.0740. The molecule has 1 atom stereocenters. The fraction of sp³-hybridized carbons (Fsp3) is 0.286. The maximum Gasteiger partial charge on any atom is 0.272 e. The summed E-state index contributed by atoms with van der Waals surface area (Å²) in [6, 6.07) is 13.7. The van der Waals surface area contributed by atoms with Gasteiger partial charge in [-0.1, -0.05) is 44.2 Å². The third-order valence-electron chi connectivity index (χ3n) is 5.01. The second-order valence-corrected chi connectivity index (χ2v) is 6.92. The molecule has 0 radical (unpaired) electrons. The van der Waals surface area contributed by atoms with Gasteiger partial charge < -0.3 is 0 Å². The van der Waals surface area contributed by atoms with Gasteiger partial charge in [0.15, 0.2) is 5.65 Å². The molecule has 6 heteroatoms. The maximum absolute atomic E-state index is 12.8. The first-order valence-corrected chi connectivity index (χ1v) is 9.27. The van der Waals surface area contributed by atoms with E-state index in [-0.39, 0.29) is 11.5 Å². The molecule has 3 aromatic heterocycles. The Morgan fingerprint density at radius 3 is 2.63 bits per heavy atom. The van der Waals surface area contributed by atoms with Crippen molar-refractivity contribution in [3.63, 3.8) is 0 Å². The molecular formula is C21H23N5O. The van der Waals surface area contributed by atoms with Gasteiger partial charge in [0.2, 0.25) is 0 Å². The van der Waals surface area contributed by atoms with Crippen molar-refractivity contribution in [2.45, 2.75) is 39.7 Å². The quantitative estimate of drug-likeness (QED) is 0.591. The number of H-pyrrole nitrogens is 1. The third-order valence-corrected chi connectivity index (χ3v) is 5.01. The van der Waals surface area contributed by atoms with Crippen LogP contribution in [0.5, 0.6) is 0 Å². The minimum absolute atomic E-state index is 0.0740. The summed E-state index contributed by atoms with van der Waals surface area (Å²) in [6.45, 7) is 6.87. The first-order valence-electron chi connectivity index (χ1n) is 9.27. The summed E-state index contributed by atoms with van der Waals surface area (Å²) in [7, 11) is 0. The number of nitrogens with zero attached hydrogens (tertiary/aromatic N) is 4. The zero-order valence-corrected chi connectivity index (χ0v) is 15.8. The highest BCUT2D eigenvalue weighted by Gasteiger charge is 2.18. The number of aryl methyl sites for hydroxylation is 2. The molecule has 0 aliphatic rings. The van der Waals surface area contributed by atoms with E-state index in [4.69, 9.17) is 4.98 Å². The van der Waals surface area contributed by atoms with Crippen molar-refractivity contribution in [2.24, 2.45) is 0 Å². The number of aromatic nitrogens is 5. The highest BCUT2D eigenvalue weighted by molar-refractivity contribution is 5.80. The minimum atomic E-state index is -0.0871. The van der Waals surface area contributed by atoms with Crippen molar-refractivity contribution in [2.75, 3.05) is 0 Å². The molecule has 0 saturated heterocycles. The number of nitrogens with one attached hydrogen (secondary N) is 1. The Hall–Kier alpha value is -3.15. The minimum Gasteiger partial charge on any atom is -0.293 e. The van der Waals surface area contributed by atoms with Crippen LogP contribution < -0.4 is 5.56 Å². The van der Waals surface area contributed by atoms with Gasteiger partial charge in [-0.3, -0.25) is 14.6 Å². The van der Waals surface area contributed by atoms with Crippen LogP contribution in [0, 0.1) is 6.92 Å². The third kappa shape index (κ3) is 3.07. The number of hydrogen-bond acceptors (Lipinski definition) is 3. The Balaban J connectivity index is 1.85. The van der Waals surface area contributed by atoms with E-state index >= 15 is 0 Å². The van der Waals surface area contributed by atoms with Gasteiger partial charge in [-0.15, -0.1) is 0 Å². The number of rotatable bonds is 5. The van der Waals surface area contributed by atoms with Crippen molar-refractivity contribution in [3.8, 4) is 11.1 Å². The first kappa shape index (κ1) is 17.3. The van der Waals surface area contributed by atoms with E-state index in [2.05, 4.69) is 36.2 Å². The lowest BCUT2D eigenvalue weighted by Gasteiger charge is -2.13. The van der Waals surface area contributed by atoms with E-state index in [0.29, 0.717) is 12.2 Å². The predicted molar refractivity (Wildman–Crippen MR) is 106 cm³/mol. The lowest BCUT2D eigenvalue weighted by Crippen LogP contribution is -2.18.